The van der Waals surface area contributed by atoms with Crippen molar-refractivity contribution in [2.75, 3.05) is 6.61 Å². The Bertz CT molecular complexity index is 709. The molecule has 110 valence electrons. The Balaban J connectivity index is 1.76. The van der Waals surface area contributed by atoms with Gasteiger partial charge in [0.25, 0.3) is 0 Å². The van der Waals surface area contributed by atoms with E-state index in [-0.39, 0.29) is 5.97 Å². The number of esters is 1. The van der Waals surface area contributed by atoms with E-state index in [4.69, 9.17) is 9.47 Å². The topological polar surface area (TPSA) is 65.7 Å². The minimum atomic E-state index is -0.379. The van der Waals surface area contributed by atoms with E-state index >= 15 is 0 Å². The molecule has 0 saturated heterocycles. The Labute approximate surface area is 122 Å². The summed E-state index contributed by atoms with van der Waals surface area (Å²) >= 11 is 0. The second-order valence-electron chi connectivity index (χ2n) is 5.65. The molecule has 2 aliphatic rings. The largest absolute Gasteiger partial charge is 0.487 e. The minimum absolute atomic E-state index is 0.317. The summed E-state index contributed by atoms with van der Waals surface area (Å²) in [5.41, 5.74) is 1.89. The van der Waals surface area contributed by atoms with Gasteiger partial charge in [0.2, 0.25) is 0 Å². The van der Waals surface area contributed by atoms with Crippen LogP contribution in [0.2, 0.25) is 0 Å². The number of nitrogens with zero attached hydrogens (tertiary/aromatic N) is 3. The molecule has 0 N–H and O–H groups in total. The number of carbonyl (C=O) groups excluding carboxylic acids is 1. The maximum absolute atomic E-state index is 11.9. The van der Waals surface area contributed by atoms with Crippen molar-refractivity contribution in [1.29, 1.82) is 0 Å². The number of hydrogen-bond acceptors (Lipinski definition) is 5. The maximum atomic E-state index is 11.9. The van der Waals surface area contributed by atoms with Gasteiger partial charge in [-0.2, -0.15) is 5.10 Å². The summed E-state index contributed by atoms with van der Waals surface area (Å²) in [6.07, 6.45) is 8.10. The monoisotopic (exact) mass is 287 g/mol. The zero-order valence-corrected chi connectivity index (χ0v) is 11.9. The average Bonchev–Trinajstić information content (AvgIpc) is 3.08. The molecule has 1 aliphatic heterocycles. The van der Waals surface area contributed by atoms with Crippen LogP contribution in [0.4, 0.5) is 0 Å². The van der Waals surface area contributed by atoms with Gasteiger partial charge in [0.1, 0.15) is 11.7 Å². The van der Waals surface area contributed by atoms with Crippen LogP contribution in [-0.2, 0) is 11.2 Å². The van der Waals surface area contributed by atoms with Crippen molar-refractivity contribution in [1.82, 2.24) is 14.6 Å². The summed E-state index contributed by atoms with van der Waals surface area (Å²) in [5.74, 6) is 0.973. The summed E-state index contributed by atoms with van der Waals surface area (Å²) in [4.78, 5) is 16.5. The van der Waals surface area contributed by atoms with E-state index in [9.17, 15) is 4.79 Å². The zero-order valence-electron chi connectivity index (χ0n) is 11.9. The normalized spacial score (nSPS) is 23.5. The second kappa shape index (κ2) is 4.72. The average molecular weight is 287 g/mol. The zero-order chi connectivity index (χ0) is 14.4. The molecule has 3 heterocycles. The molecule has 1 fully saturated rings. The van der Waals surface area contributed by atoms with Gasteiger partial charge in [-0.1, -0.05) is 0 Å². The molecule has 0 amide bonds. The van der Waals surface area contributed by atoms with E-state index in [2.05, 4.69) is 10.1 Å². The highest BCUT2D eigenvalue weighted by atomic mass is 16.5. The first kappa shape index (κ1) is 12.6. The molecule has 0 radical (unpaired) electrons. The predicted molar refractivity (Wildman–Crippen MR) is 74.4 cm³/mol. The van der Waals surface area contributed by atoms with Crippen LogP contribution in [0, 0.1) is 5.92 Å². The van der Waals surface area contributed by atoms with Crippen LogP contribution in [0.5, 0.6) is 5.75 Å². The van der Waals surface area contributed by atoms with E-state index in [1.54, 1.807) is 11.4 Å². The Kier molecular flexibility index (Phi) is 2.83. The van der Waals surface area contributed by atoms with Gasteiger partial charge in [0.15, 0.2) is 11.4 Å². The van der Waals surface area contributed by atoms with Gasteiger partial charge in [-0.05, 0) is 32.6 Å². The number of ether oxygens (including phenoxy) is 2. The summed E-state index contributed by atoms with van der Waals surface area (Å²) in [6.45, 7) is 2.13. The van der Waals surface area contributed by atoms with Crippen molar-refractivity contribution in [3.63, 3.8) is 0 Å². The Morgan fingerprint density at radius 3 is 3.29 bits per heavy atom. The molecular weight excluding hydrogens is 270 g/mol. The van der Waals surface area contributed by atoms with E-state index in [1.165, 1.54) is 19.0 Å². The third-order valence-electron chi connectivity index (χ3n) is 4.35. The standard InChI is InChI=1S/C15H17N3O3/c1-2-20-15(19)10-7-16-18-8-13-11(17-14(10)18)6-9-4-3-5-12(9)21-13/h7-9,12H,2-6H2,1H3/t9-,12-/m1/s1. The van der Waals surface area contributed by atoms with Gasteiger partial charge in [0.05, 0.1) is 24.7 Å². The first-order chi connectivity index (χ1) is 10.3. The Hall–Kier alpha value is -2.11. The van der Waals surface area contributed by atoms with Crippen molar-refractivity contribution in [3.05, 3.63) is 23.7 Å². The van der Waals surface area contributed by atoms with E-state index in [0.29, 0.717) is 29.8 Å². The molecule has 6 heteroatoms. The maximum Gasteiger partial charge on any atom is 0.343 e. The lowest BCUT2D eigenvalue weighted by molar-refractivity contribution is 0.0528. The Morgan fingerprint density at radius 2 is 2.43 bits per heavy atom. The van der Waals surface area contributed by atoms with Gasteiger partial charge in [-0.25, -0.2) is 14.3 Å². The first-order valence-corrected chi connectivity index (χ1v) is 7.47. The molecule has 0 unspecified atom stereocenters. The fourth-order valence-electron chi connectivity index (χ4n) is 3.33. The van der Waals surface area contributed by atoms with Crippen LogP contribution in [0.25, 0.3) is 5.65 Å². The van der Waals surface area contributed by atoms with Gasteiger partial charge >= 0.3 is 5.97 Å². The van der Waals surface area contributed by atoms with E-state index < -0.39 is 0 Å². The van der Waals surface area contributed by atoms with E-state index in [1.807, 2.05) is 6.20 Å². The third-order valence-corrected chi connectivity index (χ3v) is 4.35. The number of hydrogen-bond donors (Lipinski definition) is 0. The van der Waals surface area contributed by atoms with Crippen LogP contribution in [-0.4, -0.2) is 33.3 Å². The SMILES string of the molecule is CCOC(=O)c1cnn2cc3c(nc12)C[C@H]1CCC[C@H]1O3. The number of rotatable bonds is 2. The smallest absolute Gasteiger partial charge is 0.343 e. The highest BCUT2D eigenvalue weighted by Gasteiger charge is 2.35. The summed E-state index contributed by atoms with van der Waals surface area (Å²) < 4.78 is 12.7. The first-order valence-electron chi connectivity index (χ1n) is 7.47. The van der Waals surface area contributed by atoms with Gasteiger partial charge in [-0.15, -0.1) is 0 Å². The van der Waals surface area contributed by atoms with Crippen LogP contribution in [0.1, 0.15) is 42.2 Å². The fourth-order valence-corrected chi connectivity index (χ4v) is 3.33. The van der Waals surface area contributed by atoms with Crippen molar-refractivity contribution in [2.45, 2.75) is 38.7 Å². The molecule has 1 saturated carbocycles. The molecule has 0 bridgehead atoms. The highest BCUT2D eigenvalue weighted by molar-refractivity contribution is 5.95. The number of carbonyl (C=O) groups is 1. The third kappa shape index (κ3) is 1.97. The quantitative estimate of drug-likeness (QED) is 0.790. The molecule has 2 aromatic heterocycles. The van der Waals surface area contributed by atoms with Gasteiger partial charge < -0.3 is 9.47 Å². The van der Waals surface area contributed by atoms with Gasteiger partial charge in [0, 0.05) is 5.92 Å². The molecule has 2 aromatic rings. The molecule has 2 atom stereocenters. The summed E-state index contributed by atoms with van der Waals surface area (Å²) in [6, 6.07) is 0. The van der Waals surface area contributed by atoms with Crippen LogP contribution in [0.15, 0.2) is 12.4 Å². The van der Waals surface area contributed by atoms with E-state index in [0.717, 1.165) is 24.3 Å². The van der Waals surface area contributed by atoms with Crippen molar-refractivity contribution >= 4 is 11.6 Å². The molecule has 21 heavy (non-hydrogen) atoms. The minimum Gasteiger partial charge on any atom is -0.487 e. The number of fused-ring (bicyclic) bond motifs is 3. The van der Waals surface area contributed by atoms with Gasteiger partial charge in [-0.3, -0.25) is 0 Å². The highest BCUT2D eigenvalue weighted by Crippen LogP contribution is 2.38. The fraction of sp³-hybridized carbons (Fsp3) is 0.533. The molecule has 0 aromatic carbocycles. The lowest BCUT2D eigenvalue weighted by atomic mass is 9.96. The molecule has 1 aliphatic carbocycles. The summed E-state index contributed by atoms with van der Waals surface area (Å²) in [7, 11) is 0. The van der Waals surface area contributed by atoms with Crippen LogP contribution < -0.4 is 4.74 Å². The van der Waals surface area contributed by atoms with Crippen molar-refractivity contribution < 1.29 is 14.3 Å². The van der Waals surface area contributed by atoms with Crippen molar-refractivity contribution in [2.24, 2.45) is 5.92 Å². The molecule has 6 nitrogen and oxygen atoms in total. The molecule has 4 rings (SSSR count). The lowest BCUT2D eigenvalue weighted by Crippen LogP contribution is -2.29. The summed E-state index contributed by atoms with van der Waals surface area (Å²) in [5, 5.41) is 4.19. The Morgan fingerprint density at radius 1 is 1.52 bits per heavy atom. The second-order valence-corrected chi connectivity index (χ2v) is 5.65. The molecule has 0 spiro atoms. The predicted octanol–water partition coefficient (Wildman–Crippen LogP) is 2.01. The lowest BCUT2D eigenvalue weighted by Gasteiger charge is -2.27. The number of aromatic nitrogens is 3. The van der Waals surface area contributed by atoms with Crippen molar-refractivity contribution in [3.8, 4) is 5.75 Å². The van der Waals surface area contributed by atoms with Crippen LogP contribution in [0.3, 0.4) is 0 Å². The van der Waals surface area contributed by atoms with Crippen LogP contribution >= 0.6 is 0 Å². The molecular formula is C15H17N3O3.